The Bertz CT molecular complexity index is 2880. The molecular weight excluding hydrogens is 677 g/mol. The standard InChI is InChI=1S/C54H40N2/c1-4-16-36(17-5-1)50-35-51(56-53(55-50)37-18-6-2-7-19-37)46-29-28-42(44-24-10-11-25-45(44)46)40-22-14-23-41(32-40)43-26-15-27-48-52(43)47-33-38-20-8-9-21-39(38)34-49(47)54(48)30-12-3-13-31-54/h1-2,4-11,14-29,32-35H,3,12-13,30-31H2. The highest BCUT2D eigenvalue weighted by molar-refractivity contribution is 6.06. The second-order valence-electron chi connectivity index (χ2n) is 15.6. The first-order valence-electron chi connectivity index (χ1n) is 20.0. The Hall–Kier alpha value is -6.64. The molecule has 1 spiro atoms. The van der Waals surface area contributed by atoms with Crippen molar-refractivity contribution in [2.75, 3.05) is 0 Å². The van der Waals surface area contributed by atoms with Crippen molar-refractivity contribution in [3.63, 3.8) is 0 Å². The third-order valence-corrected chi connectivity index (χ3v) is 12.5. The summed E-state index contributed by atoms with van der Waals surface area (Å²) in [6, 6.07) is 66.4. The molecule has 1 saturated carbocycles. The van der Waals surface area contributed by atoms with Crippen molar-refractivity contribution in [3.05, 3.63) is 193 Å². The number of rotatable bonds is 5. The molecule has 0 unspecified atom stereocenters. The fraction of sp³-hybridized carbons (Fsp3) is 0.111. The Labute approximate surface area is 328 Å². The molecule has 0 amide bonds. The maximum absolute atomic E-state index is 5.20. The quantitative estimate of drug-likeness (QED) is 0.177. The Morgan fingerprint density at radius 1 is 0.357 bits per heavy atom. The summed E-state index contributed by atoms with van der Waals surface area (Å²) in [5.41, 5.74) is 16.0. The summed E-state index contributed by atoms with van der Waals surface area (Å²) < 4.78 is 0. The predicted octanol–water partition coefficient (Wildman–Crippen LogP) is 14.3. The van der Waals surface area contributed by atoms with Gasteiger partial charge in [-0.25, -0.2) is 9.97 Å². The van der Waals surface area contributed by atoms with Crippen molar-refractivity contribution < 1.29 is 0 Å². The Kier molecular flexibility index (Phi) is 7.77. The van der Waals surface area contributed by atoms with Crippen LogP contribution in [-0.4, -0.2) is 9.97 Å². The predicted molar refractivity (Wildman–Crippen MR) is 234 cm³/mol. The summed E-state index contributed by atoms with van der Waals surface area (Å²) in [6.45, 7) is 0. The van der Waals surface area contributed by atoms with Gasteiger partial charge < -0.3 is 0 Å². The SMILES string of the molecule is c1ccc(-c2cc(-c3ccc(-c4cccc(-c5cccc6c5-c5cc7ccccc7cc5C65CCCCC5)c4)c4ccccc34)nc(-c3ccccc3)n2)cc1. The van der Waals surface area contributed by atoms with Gasteiger partial charge in [0.1, 0.15) is 0 Å². The van der Waals surface area contributed by atoms with Crippen LogP contribution in [0.1, 0.15) is 43.2 Å². The van der Waals surface area contributed by atoms with E-state index in [1.807, 2.05) is 24.3 Å². The maximum atomic E-state index is 5.20. The number of nitrogens with zero attached hydrogens (tertiary/aromatic N) is 2. The zero-order valence-electron chi connectivity index (χ0n) is 31.3. The Morgan fingerprint density at radius 3 is 1.71 bits per heavy atom. The van der Waals surface area contributed by atoms with Gasteiger partial charge in [0, 0.05) is 22.1 Å². The van der Waals surface area contributed by atoms with Crippen LogP contribution in [0.3, 0.4) is 0 Å². The van der Waals surface area contributed by atoms with Crippen LogP contribution in [0, 0.1) is 0 Å². The first kappa shape index (κ1) is 32.8. The number of hydrogen-bond acceptors (Lipinski definition) is 2. The van der Waals surface area contributed by atoms with Gasteiger partial charge >= 0.3 is 0 Å². The number of benzene rings is 8. The average molecular weight is 717 g/mol. The molecule has 0 aliphatic heterocycles. The van der Waals surface area contributed by atoms with E-state index in [1.54, 1.807) is 0 Å². The molecule has 0 N–H and O–H groups in total. The van der Waals surface area contributed by atoms with E-state index in [0.717, 1.165) is 33.9 Å². The minimum atomic E-state index is 0.0916. The smallest absolute Gasteiger partial charge is 0.160 e. The molecule has 0 atom stereocenters. The molecule has 11 rings (SSSR count). The second kappa shape index (κ2) is 13.3. The highest BCUT2D eigenvalue weighted by atomic mass is 14.9. The van der Waals surface area contributed by atoms with E-state index in [9.17, 15) is 0 Å². The second-order valence-corrected chi connectivity index (χ2v) is 15.6. The normalized spacial score (nSPS) is 14.2. The van der Waals surface area contributed by atoms with E-state index < -0.39 is 0 Å². The minimum Gasteiger partial charge on any atom is -0.228 e. The third-order valence-electron chi connectivity index (χ3n) is 12.5. The topological polar surface area (TPSA) is 25.8 Å². The lowest BCUT2D eigenvalue weighted by molar-refractivity contribution is 0.353. The van der Waals surface area contributed by atoms with Crippen LogP contribution in [0.15, 0.2) is 182 Å². The van der Waals surface area contributed by atoms with Crippen molar-refractivity contribution in [2.45, 2.75) is 37.5 Å². The maximum Gasteiger partial charge on any atom is 0.160 e. The molecule has 0 bridgehead atoms. The molecule has 0 radical (unpaired) electrons. The van der Waals surface area contributed by atoms with Crippen LogP contribution in [0.2, 0.25) is 0 Å². The van der Waals surface area contributed by atoms with Crippen LogP contribution in [-0.2, 0) is 5.41 Å². The van der Waals surface area contributed by atoms with Gasteiger partial charge in [0.2, 0.25) is 0 Å². The van der Waals surface area contributed by atoms with Crippen molar-refractivity contribution in [1.29, 1.82) is 0 Å². The van der Waals surface area contributed by atoms with Crippen molar-refractivity contribution in [1.82, 2.24) is 9.97 Å². The minimum absolute atomic E-state index is 0.0916. The summed E-state index contributed by atoms with van der Waals surface area (Å²) in [4.78, 5) is 10.3. The molecule has 9 aromatic rings. The third kappa shape index (κ3) is 5.32. The van der Waals surface area contributed by atoms with Gasteiger partial charge in [-0.1, -0.05) is 177 Å². The van der Waals surface area contributed by atoms with E-state index in [0.29, 0.717) is 0 Å². The lowest BCUT2D eigenvalue weighted by Gasteiger charge is -2.36. The number of aromatic nitrogens is 2. The molecule has 0 saturated heterocycles. The summed E-state index contributed by atoms with van der Waals surface area (Å²) in [5, 5.41) is 5.04. The molecule has 2 aliphatic carbocycles. The van der Waals surface area contributed by atoms with Crippen molar-refractivity contribution in [3.8, 4) is 67.3 Å². The van der Waals surface area contributed by atoms with Gasteiger partial charge in [-0.05, 0) is 103 Å². The van der Waals surface area contributed by atoms with Crippen molar-refractivity contribution in [2.24, 2.45) is 0 Å². The summed E-state index contributed by atoms with van der Waals surface area (Å²) in [6.07, 6.45) is 6.34. The number of fused-ring (bicyclic) bond motifs is 7. The molecule has 2 nitrogen and oxygen atoms in total. The molecule has 2 heteroatoms. The molecule has 266 valence electrons. The van der Waals surface area contributed by atoms with Gasteiger partial charge in [0.05, 0.1) is 11.4 Å². The molecule has 1 fully saturated rings. The Balaban J connectivity index is 1.06. The molecule has 1 aromatic heterocycles. The first-order chi connectivity index (χ1) is 27.7. The van der Waals surface area contributed by atoms with Gasteiger partial charge in [-0.3, -0.25) is 0 Å². The van der Waals surface area contributed by atoms with E-state index in [-0.39, 0.29) is 5.41 Å². The lowest BCUT2D eigenvalue weighted by atomic mass is 9.67. The van der Waals surface area contributed by atoms with Gasteiger partial charge in [-0.2, -0.15) is 0 Å². The van der Waals surface area contributed by atoms with Crippen LogP contribution >= 0.6 is 0 Å². The highest BCUT2D eigenvalue weighted by Gasteiger charge is 2.44. The van der Waals surface area contributed by atoms with Crippen LogP contribution in [0.5, 0.6) is 0 Å². The van der Waals surface area contributed by atoms with E-state index in [1.165, 1.54) is 98.2 Å². The Morgan fingerprint density at radius 2 is 0.946 bits per heavy atom. The summed E-state index contributed by atoms with van der Waals surface area (Å²) >= 11 is 0. The van der Waals surface area contributed by atoms with Crippen molar-refractivity contribution >= 4 is 21.5 Å². The molecule has 2 aliphatic rings. The average Bonchev–Trinajstić information content (AvgIpc) is 3.53. The van der Waals surface area contributed by atoms with Crippen LogP contribution < -0.4 is 0 Å². The summed E-state index contributed by atoms with van der Waals surface area (Å²) in [7, 11) is 0. The lowest BCUT2D eigenvalue weighted by Crippen LogP contribution is -2.28. The molecule has 8 aromatic carbocycles. The van der Waals surface area contributed by atoms with E-state index in [2.05, 4.69) is 158 Å². The fourth-order valence-electron chi connectivity index (χ4n) is 9.85. The van der Waals surface area contributed by atoms with E-state index in [4.69, 9.17) is 9.97 Å². The molecule has 1 heterocycles. The van der Waals surface area contributed by atoms with Gasteiger partial charge in [0.15, 0.2) is 5.82 Å². The van der Waals surface area contributed by atoms with E-state index >= 15 is 0 Å². The highest BCUT2D eigenvalue weighted by Crippen LogP contribution is 2.58. The fourth-order valence-corrected chi connectivity index (χ4v) is 9.85. The monoisotopic (exact) mass is 716 g/mol. The van der Waals surface area contributed by atoms with Gasteiger partial charge in [0.25, 0.3) is 0 Å². The van der Waals surface area contributed by atoms with Gasteiger partial charge in [-0.15, -0.1) is 0 Å². The summed E-state index contributed by atoms with van der Waals surface area (Å²) in [5.74, 6) is 0.725. The zero-order chi connectivity index (χ0) is 37.1. The van der Waals surface area contributed by atoms with Crippen LogP contribution in [0.4, 0.5) is 0 Å². The largest absolute Gasteiger partial charge is 0.228 e. The molecular formula is C54H40N2. The first-order valence-corrected chi connectivity index (χ1v) is 20.0. The number of hydrogen-bond donors (Lipinski definition) is 0. The van der Waals surface area contributed by atoms with Crippen LogP contribution in [0.25, 0.3) is 88.8 Å². The zero-order valence-corrected chi connectivity index (χ0v) is 31.3. The molecule has 56 heavy (non-hydrogen) atoms.